The van der Waals surface area contributed by atoms with Gasteiger partial charge in [-0.2, -0.15) is 0 Å². The van der Waals surface area contributed by atoms with Crippen molar-refractivity contribution in [3.63, 3.8) is 0 Å². The van der Waals surface area contributed by atoms with E-state index >= 15 is 0 Å². The number of hydrogen-bond donors (Lipinski definition) is 0. The summed E-state index contributed by atoms with van der Waals surface area (Å²) in [5.74, 6) is 1.92. The molecule has 0 saturated heterocycles. The van der Waals surface area contributed by atoms with Crippen molar-refractivity contribution >= 4 is 11.9 Å². The second-order valence-corrected chi connectivity index (χ2v) is 9.61. The maximum atomic E-state index is 12.3. The Bertz CT molecular complexity index is 646. The third-order valence-corrected chi connectivity index (χ3v) is 4.92. The van der Waals surface area contributed by atoms with E-state index in [1.807, 2.05) is 12.1 Å². The highest BCUT2D eigenvalue weighted by Crippen LogP contribution is 2.30. The Morgan fingerprint density at radius 3 is 1.67 bits per heavy atom. The van der Waals surface area contributed by atoms with E-state index < -0.39 is 0 Å². The van der Waals surface area contributed by atoms with Gasteiger partial charge in [0.25, 0.3) is 0 Å². The lowest BCUT2D eigenvalue weighted by Crippen LogP contribution is -2.12. The van der Waals surface area contributed by atoms with Gasteiger partial charge in [0.05, 0.1) is 0 Å². The van der Waals surface area contributed by atoms with Crippen LogP contribution in [-0.4, -0.2) is 11.9 Å². The highest BCUT2D eigenvalue weighted by atomic mass is 16.6. The quantitative estimate of drug-likeness (QED) is 0.183. The summed E-state index contributed by atoms with van der Waals surface area (Å²) in [7, 11) is 0. The minimum absolute atomic E-state index is 0.269. The van der Waals surface area contributed by atoms with Crippen molar-refractivity contribution in [2.75, 3.05) is 0 Å². The van der Waals surface area contributed by atoms with Crippen molar-refractivity contribution in [1.29, 1.82) is 0 Å². The molecule has 0 fully saturated rings. The Balaban J connectivity index is 2.72. The van der Waals surface area contributed by atoms with E-state index in [4.69, 9.17) is 9.47 Å². The summed E-state index contributed by atoms with van der Waals surface area (Å²) in [6.45, 7) is 13.0. The van der Waals surface area contributed by atoms with Gasteiger partial charge in [-0.15, -0.1) is 0 Å². The minimum Gasteiger partial charge on any atom is -0.423 e. The van der Waals surface area contributed by atoms with Gasteiger partial charge in [-0.3, -0.25) is 9.59 Å². The molecule has 0 radical (unpaired) electrons. The molecule has 0 heterocycles. The molecule has 0 aliphatic rings. The Morgan fingerprint density at radius 2 is 1.20 bits per heavy atom. The maximum absolute atomic E-state index is 12.3. The molecule has 0 aromatic heterocycles. The largest absolute Gasteiger partial charge is 0.423 e. The number of ether oxygens (including phenoxy) is 2. The summed E-state index contributed by atoms with van der Waals surface area (Å²) < 4.78 is 11.2. The van der Waals surface area contributed by atoms with Gasteiger partial charge >= 0.3 is 11.9 Å². The lowest BCUT2D eigenvalue weighted by molar-refractivity contribution is -0.137. The molecule has 0 atom stereocenters. The lowest BCUT2D eigenvalue weighted by atomic mass is 10.0. The zero-order chi connectivity index (χ0) is 22.5. The lowest BCUT2D eigenvalue weighted by Gasteiger charge is -2.13. The fourth-order valence-corrected chi connectivity index (χ4v) is 3.31. The van der Waals surface area contributed by atoms with E-state index in [1.165, 1.54) is 0 Å². The van der Waals surface area contributed by atoms with Gasteiger partial charge in [0, 0.05) is 12.8 Å². The summed E-state index contributed by atoms with van der Waals surface area (Å²) in [6, 6.07) is 5.54. The third kappa shape index (κ3) is 12.0. The van der Waals surface area contributed by atoms with E-state index in [1.54, 1.807) is 6.07 Å². The molecule has 0 amide bonds. The van der Waals surface area contributed by atoms with Crippen molar-refractivity contribution in [1.82, 2.24) is 0 Å². The first-order valence-corrected chi connectivity index (χ1v) is 11.7. The predicted octanol–water partition coefficient (Wildman–Crippen LogP) is 7.13. The zero-order valence-electron chi connectivity index (χ0n) is 20.0. The maximum Gasteiger partial charge on any atom is 0.311 e. The summed E-state index contributed by atoms with van der Waals surface area (Å²) >= 11 is 0. The van der Waals surface area contributed by atoms with Crippen LogP contribution < -0.4 is 9.47 Å². The van der Waals surface area contributed by atoms with Gasteiger partial charge in [-0.1, -0.05) is 73.3 Å². The summed E-state index contributed by atoms with van der Waals surface area (Å²) in [4.78, 5) is 24.6. The first kappa shape index (κ1) is 26.2. The summed E-state index contributed by atoms with van der Waals surface area (Å²) in [5.41, 5.74) is 1.07. The van der Waals surface area contributed by atoms with Gasteiger partial charge in [-0.25, -0.2) is 0 Å². The van der Waals surface area contributed by atoms with Crippen molar-refractivity contribution in [2.24, 2.45) is 17.8 Å². The van der Waals surface area contributed by atoms with Crippen LogP contribution in [0.2, 0.25) is 0 Å². The number of unbranched alkanes of at least 4 members (excludes halogenated alkanes) is 2. The fraction of sp³-hybridized carbons (Fsp3) is 0.692. The molecule has 0 bridgehead atoms. The first-order valence-electron chi connectivity index (χ1n) is 11.7. The van der Waals surface area contributed by atoms with Crippen LogP contribution in [-0.2, 0) is 16.0 Å². The molecule has 0 unspecified atom stereocenters. The van der Waals surface area contributed by atoms with E-state index in [0.29, 0.717) is 42.1 Å². The standard InChI is InChI=1S/C26H42O4/c1-19(2)11-7-9-13-25(27)29-23-16-15-22(17-21(5)6)18-24(23)30-26(28)14-10-8-12-20(3)4/h15-16,18-21H,7-14,17H2,1-6H3. The molecule has 0 spiro atoms. The van der Waals surface area contributed by atoms with E-state index in [9.17, 15) is 9.59 Å². The second-order valence-electron chi connectivity index (χ2n) is 9.61. The van der Waals surface area contributed by atoms with Crippen LogP contribution in [0.5, 0.6) is 11.5 Å². The molecule has 1 aromatic rings. The van der Waals surface area contributed by atoms with Crippen LogP contribution in [0.4, 0.5) is 0 Å². The van der Waals surface area contributed by atoms with Gasteiger partial charge in [0.2, 0.25) is 0 Å². The minimum atomic E-state index is -0.274. The Labute approximate surface area is 183 Å². The van der Waals surface area contributed by atoms with Crippen LogP contribution in [0.25, 0.3) is 0 Å². The highest BCUT2D eigenvalue weighted by molar-refractivity contribution is 5.76. The molecule has 4 nitrogen and oxygen atoms in total. The Morgan fingerprint density at radius 1 is 0.700 bits per heavy atom. The second kappa shape index (κ2) is 14.2. The molecule has 1 aromatic carbocycles. The molecule has 0 aliphatic carbocycles. The molecule has 0 N–H and O–H groups in total. The average molecular weight is 419 g/mol. The number of hydrogen-bond acceptors (Lipinski definition) is 4. The number of rotatable bonds is 14. The number of benzene rings is 1. The fourth-order valence-electron chi connectivity index (χ4n) is 3.31. The van der Waals surface area contributed by atoms with Crippen LogP contribution in [0, 0.1) is 17.8 Å². The van der Waals surface area contributed by atoms with Crippen molar-refractivity contribution < 1.29 is 19.1 Å². The highest BCUT2D eigenvalue weighted by Gasteiger charge is 2.15. The molecule has 30 heavy (non-hydrogen) atoms. The Kier molecular flexibility index (Phi) is 12.4. The zero-order valence-corrected chi connectivity index (χ0v) is 20.0. The smallest absolute Gasteiger partial charge is 0.311 e. The molecule has 1 rings (SSSR count). The van der Waals surface area contributed by atoms with Crippen LogP contribution in [0.15, 0.2) is 18.2 Å². The third-order valence-electron chi connectivity index (χ3n) is 4.92. The van der Waals surface area contributed by atoms with Crippen LogP contribution in [0.3, 0.4) is 0 Å². The molecule has 4 heteroatoms. The van der Waals surface area contributed by atoms with Gasteiger partial charge < -0.3 is 9.47 Å². The van der Waals surface area contributed by atoms with E-state index in [2.05, 4.69) is 41.5 Å². The van der Waals surface area contributed by atoms with E-state index in [0.717, 1.165) is 50.5 Å². The molecule has 0 saturated carbocycles. The molecular formula is C26H42O4. The van der Waals surface area contributed by atoms with Gasteiger partial charge in [-0.05, 0) is 54.7 Å². The van der Waals surface area contributed by atoms with Crippen molar-refractivity contribution in [3.8, 4) is 11.5 Å². The normalized spacial score (nSPS) is 11.4. The monoisotopic (exact) mass is 418 g/mol. The average Bonchev–Trinajstić information content (AvgIpc) is 2.64. The van der Waals surface area contributed by atoms with E-state index in [-0.39, 0.29) is 11.9 Å². The van der Waals surface area contributed by atoms with Crippen LogP contribution >= 0.6 is 0 Å². The van der Waals surface area contributed by atoms with Crippen molar-refractivity contribution in [3.05, 3.63) is 23.8 Å². The first-order chi connectivity index (χ1) is 14.2. The topological polar surface area (TPSA) is 52.6 Å². The summed E-state index contributed by atoms with van der Waals surface area (Å²) in [5, 5.41) is 0. The van der Waals surface area contributed by atoms with Gasteiger partial charge in [0.1, 0.15) is 0 Å². The SMILES string of the molecule is CC(C)CCCCC(=O)Oc1ccc(CC(C)C)cc1OC(=O)CCCCC(C)C. The predicted molar refractivity (Wildman–Crippen MR) is 123 cm³/mol. The molecule has 170 valence electrons. The number of esters is 2. The number of carbonyl (C=O) groups excluding carboxylic acids is 2. The van der Waals surface area contributed by atoms with Crippen molar-refractivity contribution in [2.45, 2.75) is 99.3 Å². The molecule has 0 aliphatic heterocycles. The molecular weight excluding hydrogens is 376 g/mol. The van der Waals surface area contributed by atoms with Crippen LogP contribution in [0.1, 0.15) is 98.5 Å². The number of carbonyl (C=O) groups is 2. The Hall–Kier alpha value is -1.84. The summed E-state index contributed by atoms with van der Waals surface area (Å²) in [6.07, 6.45) is 7.50. The van der Waals surface area contributed by atoms with Gasteiger partial charge in [0.15, 0.2) is 11.5 Å².